The van der Waals surface area contributed by atoms with Crippen LogP contribution < -0.4 is 11.1 Å². The first-order chi connectivity index (χ1) is 8.58. The number of halogens is 1. The van der Waals surface area contributed by atoms with Crippen molar-refractivity contribution in [3.63, 3.8) is 0 Å². The molecule has 0 bridgehead atoms. The molecule has 1 unspecified atom stereocenters. The average Bonchev–Trinajstić information content (AvgIpc) is 2.38. The molecule has 1 aromatic carbocycles. The summed E-state index contributed by atoms with van der Waals surface area (Å²) < 4.78 is 0. The van der Waals surface area contributed by atoms with Gasteiger partial charge < -0.3 is 16.0 Å². The quantitative estimate of drug-likeness (QED) is 0.824. The van der Waals surface area contributed by atoms with Crippen molar-refractivity contribution in [2.75, 3.05) is 19.6 Å². The first-order valence-electron chi connectivity index (χ1n) is 5.95. The molecule has 0 saturated carbocycles. The van der Waals surface area contributed by atoms with E-state index in [9.17, 15) is 9.59 Å². The smallest absolute Gasteiger partial charge is 0.244 e. The molecule has 1 atom stereocenters. The fraction of sp³-hybridized carbons (Fsp3) is 0.385. The maximum atomic E-state index is 12.1. The van der Waals surface area contributed by atoms with Crippen molar-refractivity contribution < 1.29 is 9.59 Å². The maximum Gasteiger partial charge on any atom is 0.244 e. The molecular formula is C13H18ClN3O2. The van der Waals surface area contributed by atoms with Gasteiger partial charge in [0.25, 0.3) is 0 Å². The summed E-state index contributed by atoms with van der Waals surface area (Å²) in [6.45, 7) is 3.08. The number of hydrogen-bond acceptors (Lipinski definition) is 3. The Morgan fingerprint density at radius 3 is 2.58 bits per heavy atom. The van der Waals surface area contributed by atoms with Gasteiger partial charge in [0, 0.05) is 13.1 Å². The fourth-order valence-corrected chi connectivity index (χ4v) is 1.94. The van der Waals surface area contributed by atoms with E-state index in [1.165, 1.54) is 4.90 Å². The highest BCUT2D eigenvalue weighted by Crippen LogP contribution is 2.14. The van der Waals surface area contributed by atoms with Crippen molar-refractivity contribution in [1.82, 2.24) is 10.2 Å². The van der Waals surface area contributed by atoms with E-state index in [1.54, 1.807) is 0 Å². The van der Waals surface area contributed by atoms with Crippen molar-refractivity contribution in [3.8, 4) is 0 Å². The number of rotatable bonds is 2. The maximum absolute atomic E-state index is 12.1. The molecule has 0 spiro atoms. The second-order valence-electron chi connectivity index (χ2n) is 4.50. The summed E-state index contributed by atoms with van der Waals surface area (Å²) in [6, 6.07) is 6.84. The second kappa shape index (κ2) is 6.54. The minimum Gasteiger partial charge on any atom is -0.353 e. The van der Waals surface area contributed by atoms with Crippen LogP contribution in [-0.2, 0) is 9.59 Å². The lowest BCUT2D eigenvalue weighted by atomic mass is 10.0. The molecular weight excluding hydrogens is 266 g/mol. The Morgan fingerprint density at radius 2 is 2.00 bits per heavy atom. The molecule has 6 heteroatoms. The number of nitrogens with two attached hydrogens (primary N) is 1. The van der Waals surface area contributed by atoms with Crippen LogP contribution in [-0.4, -0.2) is 36.3 Å². The number of nitrogens with one attached hydrogen (secondary N) is 1. The van der Waals surface area contributed by atoms with Crippen LogP contribution in [0.15, 0.2) is 24.3 Å². The molecule has 0 radical (unpaired) electrons. The van der Waals surface area contributed by atoms with Gasteiger partial charge in [-0.3, -0.25) is 9.59 Å². The van der Waals surface area contributed by atoms with E-state index in [4.69, 9.17) is 5.73 Å². The minimum absolute atomic E-state index is 0. The summed E-state index contributed by atoms with van der Waals surface area (Å²) in [7, 11) is 0. The number of hydrogen-bond donors (Lipinski definition) is 2. The third-order valence-electron chi connectivity index (χ3n) is 3.05. The van der Waals surface area contributed by atoms with E-state index in [2.05, 4.69) is 5.32 Å². The number of piperazine rings is 1. The molecule has 1 aromatic rings. The van der Waals surface area contributed by atoms with E-state index in [1.807, 2.05) is 31.2 Å². The molecule has 3 N–H and O–H groups in total. The highest BCUT2D eigenvalue weighted by Gasteiger charge is 2.26. The Hall–Kier alpha value is -1.59. The van der Waals surface area contributed by atoms with Crippen molar-refractivity contribution in [2.24, 2.45) is 5.73 Å². The third-order valence-corrected chi connectivity index (χ3v) is 3.05. The molecule has 2 amide bonds. The van der Waals surface area contributed by atoms with Gasteiger partial charge >= 0.3 is 0 Å². The predicted octanol–water partition coefficient (Wildman–Crippen LogP) is 0.375. The van der Waals surface area contributed by atoms with E-state index in [0.717, 1.165) is 11.1 Å². The van der Waals surface area contributed by atoms with Gasteiger partial charge in [-0.15, -0.1) is 12.4 Å². The summed E-state index contributed by atoms with van der Waals surface area (Å²) >= 11 is 0. The lowest BCUT2D eigenvalue weighted by molar-refractivity contribution is -0.139. The van der Waals surface area contributed by atoms with Crippen LogP contribution in [0.25, 0.3) is 0 Å². The molecule has 1 aliphatic heterocycles. The van der Waals surface area contributed by atoms with Crippen molar-refractivity contribution in [1.29, 1.82) is 0 Å². The molecule has 5 nitrogen and oxygen atoms in total. The van der Waals surface area contributed by atoms with E-state index in [-0.39, 0.29) is 30.8 Å². The SMILES string of the molecule is Cc1ccc(C(N)C(=O)N2CCNC(=O)C2)cc1.Cl. The summed E-state index contributed by atoms with van der Waals surface area (Å²) in [5.74, 6) is -0.334. The van der Waals surface area contributed by atoms with Crippen LogP contribution in [0.2, 0.25) is 0 Å². The van der Waals surface area contributed by atoms with Crippen LogP contribution in [0.5, 0.6) is 0 Å². The van der Waals surface area contributed by atoms with Gasteiger partial charge in [-0.2, -0.15) is 0 Å². The lowest BCUT2D eigenvalue weighted by Crippen LogP contribution is -2.52. The molecule has 1 aliphatic rings. The minimum atomic E-state index is -0.698. The van der Waals surface area contributed by atoms with Gasteiger partial charge in [-0.05, 0) is 12.5 Å². The van der Waals surface area contributed by atoms with Crippen LogP contribution >= 0.6 is 12.4 Å². The Labute approximate surface area is 118 Å². The molecule has 1 fully saturated rings. The Morgan fingerprint density at radius 1 is 1.37 bits per heavy atom. The highest BCUT2D eigenvalue weighted by molar-refractivity contribution is 5.89. The van der Waals surface area contributed by atoms with Crippen LogP contribution in [0, 0.1) is 6.92 Å². The monoisotopic (exact) mass is 283 g/mol. The van der Waals surface area contributed by atoms with Crippen LogP contribution in [0.3, 0.4) is 0 Å². The van der Waals surface area contributed by atoms with E-state index >= 15 is 0 Å². The summed E-state index contributed by atoms with van der Waals surface area (Å²) in [5, 5.41) is 2.68. The van der Waals surface area contributed by atoms with Crippen molar-refractivity contribution in [3.05, 3.63) is 35.4 Å². The molecule has 1 saturated heterocycles. The van der Waals surface area contributed by atoms with Crippen molar-refractivity contribution >= 4 is 24.2 Å². The molecule has 2 rings (SSSR count). The summed E-state index contributed by atoms with van der Waals surface area (Å²) in [4.78, 5) is 24.9. The fourth-order valence-electron chi connectivity index (χ4n) is 1.94. The van der Waals surface area contributed by atoms with Gasteiger partial charge in [0.05, 0.1) is 6.54 Å². The predicted molar refractivity (Wildman–Crippen MR) is 74.9 cm³/mol. The van der Waals surface area contributed by atoms with Gasteiger partial charge in [-0.1, -0.05) is 29.8 Å². The zero-order valence-electron chi connectivity index (χ0n) is 10.8. The molecule has 19 heavy (non-hydrogen) atoms. The Balaban J connectivity index is 0.00000180. The number of aryl methyl sites for hydroxylation is 1. The van der Waals surface area contributed by atoms with E-state index in [0.29, 0.717) is 13.1 Å². The van der Waals surface area contributed by atoms with Gasteiger partial charge in [0.15, 0.2) is 0 Å². The molecule has 104 valence electrons. The second-order valence-corrected chi connectivity index (χ2v) is 4.50. The lowest BCUT2D eigenvalue weighted by Gasteiger charge is -2.29. The third kappa shape index (κ3) is 3.68. The standard InChI is InChI=1S/C13H17N3O2.ClH/c1-9-2-4-10(5-3-9)12(14)13(18)16-7-6-15-11(17)8-16;/h2-5,12H,6-8,14H2,1H3,(H,15,17);1H. The normalized spacial score (nSPS) is 16.3. The van der Waals surface area contributed by atoms with Gasteiger partial charge in [0.2, 0.25) is 11.8 Å². The first kappa shape index (κ1) is 15.5. The number of carbonyl (C=O) groups excluding carboxylic acids is 2. The summed E-state index contributed by atoms with van der Waals surface area (Å²) in [6.07, 6.45) is 0. The first-order valence-corrected chi connectivity index (χ1v) is 5.95. The Kier molecular flexibility index (Phi) is 5.32. The number of nitrogens with zero attached hydrogens (tertiary/aromatic N) is 1. The van der Waals surface area contributed by atoms with Crippen LogP contribution in [0.4, 0.5) is 0 Å². The molecule has 0 aromatic heterocycles. The van der Waals surface area contributed by atoms with Crippen LogP contribution in [0.1, 0.15) is 17.2 Å². The molecule has 1 heterocycles. The number of amides is 2. The Bertz CT molecular complexity index is 461. The van der Waals surface area contributed by atoms with Crippen molar-refractivity contribution in [2.45, 2.75) is 13.0 Å². The zero-order chi connectivity index (χ0) is 13.1. The highest BCUT2D eigenvalue weighted by atomic mass is 35.5. The average molecular weight is 284 g/mol. The zero-order valence-corrected chi connectivity index (χ0v) is 11.6. The summed E-state index contributed by atoms with van der Waals surface area (Å²) in [5.41, 5.74) is 7.84. The largest absolute Gasteiger partial charge is 0.353 e. The topological polar surface area (TPSA) is 75.4 Å². The van der Waals surface area contributed by atoms with E-state index < -0.39 is 6.04 Å². The number of carbonyl (C=O) groups is 2. The number of benzene rings is 1. The van der Waals surface area contributed by atoms with Gasteiger partial charge in [-0.25, -0.2) is 0 Å². The molecule has 0 aliphatic carbocycles. The van der Waals surface area contributed by atoms with Gasteiger partial charge in [0.1, 0.15) is 6.04 Å².